The largest absolute Gasteiger partial charge is 0.444 e. The van der Waals surface area contributed by atoms with E-state index in [-0.39, 0.29) is 35.5 Å². The molecule has 2 amide bonds. The molecule has 1 N–H and O–H groups in total. The number of amides is 2. The van der Waals surface area contributed by atoms with Gasteiger partial charge in [-0.05, 0) is 39.7 Å². The average molecular weight is 417 g/mol. The van der Waals surface area contributed by atoms with E-state index in [9.17, 15) is 19.7 Å². The molecule has 2 heterocycles. The summed E-state index contributed by atoms with van der Waals surface area (Å²) < 4.78 is 10.8. The number of non-ortho nitro benzene ring substituents is 1. The first-order valence-electron chi connectivity index (χ1n) is 9.49. The number of piperidine rings is 1. The second-order valence-electron chi connectivity index (χ2n) is 7.95. The molecule has 0 saturated carbocycles. The van der Waals surface area contributed by atoms with Crippen LogP contribution in [0, 0.1) is 16.0 Å². The maximum atomic E-state index is 12.5. The fourth-order valence-electron chi connectivity index (χ4n) is 3.00. The number of benzene rings is 1. The summed E-state index contributed by atoms with van der Waals surface area (Å²) in [6, 6.07) is 5.68. The van der Waals surface area contributed by atoms with Crippen LogP contribution in [0.15, 0.2) is 28.7 Å². The summed E-state index contributed by atoms with van der Waals surface area (Å²) in [6.45, 7) is 6.23. The van der Waals surface area contributed by atoms with Crippen molar-refractivity contribution in [3.63, 3.8) is 0 Å². The lowest BCUT2D eigenvalue weighted by atomic mass is 9.96. The molecule has 1 saturated heterocycles. The Morgan fingerprint density at radius 1 is 1.27 bits per heavy atom. The van der Waals surface area contributed by atoms with Crippen LogP contribution >= 0.6 is 0 Å². The van der Waals surface area contributed by atoms with Crippen molar-refractivity contribution in [2.45, 2.75) is 39.2 Å². The minimum atomic E-state index is -0.569. The van der Waals surface area contributed by atoms with Crippen molar-refractivity contribution < 1.29 is 23.7 Å². The van der Waals surface area contributed by atoms with Gasteiger partial charge in [0.15, 0.2) is 0 Å². The van der Waals surface area contributed by atoms with Crippen molar-refractivity contribution in [1.82, 2.24) is 15.1 Å². The highest BCUT2D eigenvalue weighted by Crippen LogP contribution is 2.25. The highest BCUT2D eigenvalue weighted by atomic mass is 16.6. The first-order valence-corrected chi connectivity index (χ1v) is 9.49. The number of hydrogen-bond acceptors (Lipinski definition) is 8. The van der Waals surface area contributed by atoms with Gasteiger partial charge < -0.3 is 14.1 Å². The van der Waals surface area contributed by atoms with Gasteiger partial charge in [0.25, 0.3) is 5.69 Å². The molecule has 0 spiro atoms. The van der Waals surface area contributed by atoms with E-state index in [4.69, 9.17) is 9.15 Å². The topological polar surface area (TPSA) is 141 Å². The SMILES string of the molecule is CC(C)(C)OC(=O)N1CCC(C(=O)Nc2nnc(-c3cccc([N+](=O)[O-])c3)o2)CC1. The molecule has 1 aromatic carbocycles. The van der Waals surface area contributed by atoms with Crippen molar-refractivity contribution >= 4 is 23.7 Å². The number of hydrogen-bond donors (Lipinski definition) is 1. The first kappa shape index (κ1) is 21.2. The van der Waals surface area contributed by atoms with E-state index >= 15 is 0 Å². The zero-order valence-corrected chi connectivity index (χ0v) is 17.0. The third kappa shape index (κ3) is 5.31. The van der Waals surface area contributed by atoms with Crippen LogP contribution in [0.25, 0.3) is 11.5 Å². The van der Waals surface area contributed by atoms with E-state index in [0.717, 1.165) is 0 Å². The molecule has 0 unspecified atom stereocenters. The summed E-state index contributed by atoms with van der Waals surface area (Å²) in [6.07, 6.45) is 0.577. The predicted octanol–water partition coefficient (Wildman–Crippen LogP) is 3.23. The predicted molar refractivity (Wildman–Crippen MR) is 106 cm³/mol. The van der Waals surface area contributed by atoms with Crippen LogP contribution in [0.3, 0.4) is 0 Å². The molecule has 2 aromatic rings. The van der Waals surface area contributed by atoms with Crippen LogP contribution in [-0.4, -0.2) is 50.7 Å². The Kier molecular flexibility index (Phi) is 5.99. The summed E-state index contributed by atoms with van der Waals surface area (Å²) >= 11 is 0. The Bertz CT molecular complexity index is 943. The van der Waals surface area contributed by atoms with Gasteiger partial charge in [0, 0.05) is 36.7 Å². The number of nitrogens with zero attached hydrogens (tertiary/aromatic N) is 4. The minimum absolute atomic E-state index is 0.0637. The number of rotatable bonds is 4. The molecule has 160 valence electrons. The standard InChI is InChI=1S/C19H23N5O6/c1-19(2,3)30-18(26)23-9-7-12(8-10-23)15(25)20-17-22-21-16(29-17)13-5-4-6-14(11-13)24(27)28/h4-6,11-12H,7-10H2,1-3H3,(H,20,22,25). The number of aromatic nitrogens is 2. The lowest BCUT2D eigenvalue weighted by Crippen LogP contribution is -2.43. The van der Waals surface area contributed by atoms with Crippen molar-refractivity contribution in [2.75, 3.05) is 18.4 Å². The van der Waals surface area contributed by atoms with Crippen LogP contribution in [0.4, 0.5) is 16.5 Å². The van der Waals surface area contributed by atoms with Gasteiger partial charge in [0.1, 0.15) is 5.60 Å². The Morgan fingerprint density at radius 2 is 1.97 bits per heavy atom. The third-order valence-corrected chi connectivity index (χ3v) is 4.48. The number of likely N-dealkylation sites (tertiary alicyclic amines) is 1. The molecule has 1 aliphatic rings. The number of ether oxygens (including phenoxy) is 1. The van der Waals surface area contributed by atoms with Crippen LogP contribution in [-0.2, 0) is 9.53 Å². The molecular formula is C19H23N5O6. The lowest BCUT2D eigenvalue weighted by Gasteiger charge is -2.32. The molecule has 11 heteroatoms. The number of nitro benzene ring substituents is 1. The van der Waals surface area contributed by atoms with Crippen molar-refractivity contribution in [1.29, 1.82) is 0 Å². The first-order chi connectivity index (χ1) is 14.1. The normalized spacial score (nSPS) is 15.0. The second kappa shape index (κ2) is 8.47. The highest BCUT2D eigenvalue weighted by molar-refractivity contribution is 5.90. The summed E-state index contributed by atoms with van der Waals surface area (Å²) in [4.78, 5) is 36.6. The monoisotopic (exact) mass is 417 g/mol. The summed E-state index contributed by atoms with van der Waals surface area (Å²) in [7, 11) is 0. The van der Waals surface area contributed by atoms with Crippen molar-refractivity contribution in [3.05, 3.63) is 34.4 Å². The summed E-state index contributed by atoms with van der Waals surface area (Å²) in [5.74, 6) is -0.529. The zero-order valence-electron chi connectivity index (χ0n) is 17.0. The molecule has 11 nitrogen and oxygen atoms in total. The minimum Gasteiger partial charge on any atom is -0.444 e. The fourth-order valence-corrected chi connectivity index (χ4v) is 3.00. The molecule has 0 aliphatic carbocycles. The molecule has 30 heavy (non-hydrogen) atoms. The third-order valence-electron chi connectivity index (χ3n) is 4.48. The second-order valence-corrected chi connectivity index (χ2v) is 7.95. The van der Waals surface area contributed by atoms with E-state index in [2.05, 4.69) is 15.5 Å². The van der Waals surface area contributed by atoms with E-state index in [1.807, 2.05) is 0 Å². The summed E-state index contributed by atoms with van der Waals surface area (Å²) in [5.41, 5.74) is -0.295. The molecule has 3 rings (SSSR count). The van der Waals surface area contributed by atoms with E-state index < -0.39 is 10.5 Å². The van der Waals surface area contributed by atoms with Gasteiger partial charge in [0.05, 0.1) is 4.92 Å². The van der Waals surface area contributed by atoms with E-state index in [1.165, 1.54) is 18.2 Å². The Labute approximate surface area is 172 Å². The van der Waals surface area contributed by atoms with Gasteiger partial charge in [-0.25, -0.2) is 4.79 Å². The van der Waals surface area contributed by atoms with Crippen LogP contribution in [0.5, 0.6) is 0 Å². The van der Waals surface area contributed by atoms with Gasteiger partial charge in [-0.1, -0.05) is 11.2 Å². The maximum Gasteiger partial charge on any atom is 0.410 e. The van der Waals surface area contributed by atoms with E-state index in [1.54, 1.807) is 31.7 Å². The molecule has 1 aromatic heterocycles. The quantitative estimate of drug-likeness (QED) is 0.590. The molecule has 0 bridgehead atoms. The van der Waals surface area contributed by atoms with Crippen molar-refractivity contribution in [3.8, 4) is 11.5 Å². The Hall–Kier alpha value is -3.50. The van der Waals surface area contributed by atoms with Crippen LogP contribution in [0.2, 0.25) is 0 Å². The van der Waals surface area contributed by atoms with Crippen LogP contribution < -0.4 is 5.32 Å². The molecule has 1 fully saturated rings. The summed E-state index contributed by atoms with van der Waals surface area (Å²) in [5, 5.41) is 21.1. The van der Waals surface area contributed by atoms with Gasteiger partial charge in [0.2, 0.25) is 11.8 Å². The number of nitrogens with one attached hydrogen (secondary N) is 1. The van der Waals surface area contributed by atoms with Gasteiger partial charge in [-0.2, -0.15) is 0 Å². The van der Waals surface area contributed by atoms with E-state index in [0.29, 0.717) is 31.5 Å². The molecule has 1 aliphatic heterocycles. The lowest BCUT2D eigenvalue weighted by molar-refractivity contribution is -0.384. The number of carbonyl (C=O) groups excluding carboxylic acids is 2. The zero-order chi connectivity index (χ0) is 21.9. The molecular weight excluding hydrogens is 394 g/mol. The van der Waals surface area contributed by atoms with Crippen LogP contribution in [0.1, 0.15) is 33.6 Å². The number of carbonyl (C=O) groups is 2. The maximum absolute atomic E-state index is 12.5. The fraction of sp³-hybridized carbons (Fsp3) is 0.474. The smallest absolute Gasteiger partial charge is 0.410 e. The van der Waals surface area contributed by atoms with Gasteiger partial charge >= 0.3 is 12.1 Å². The average Bonchev–Trinajstić information content (AvgIpc) is 3.15. The molecule has 0 radical (unpaired) electrons. The number of nitro groups is 1. The molecule has 0 atom stereocenters. The Morgan fingerprint density at radius 3 is 2.60 bits per heavy atom. The Balaban J connectivity index is 1.56. The highest BCUT2D eigenvalue weighted by Gasteiger charge is 2.30. The number of anilines is 1. The van der Waals surface area contributed by atoms with Gasteiger partial charge in [-0.3, -0.25) is 20.2 Å². The van der Waals surface area contributed by atoms with Gasteiger partial charge in [-0.15, -0.1) is 5.10 Å². The van der Waals surface area contributed by atoms with Crippen molar-refractivity contribution in [2.24, 2.45) is 5.92 Å².